The summed E-state index contributed by atoms with van der Waals surface area (Å²) in [6.07, 6.45) is 0.593. The Morgan fingerprint density at radius 2 is 2.00 bits per heavy atom. The standard InChI is InChI=1S/C16H18N2O4/c1-12-5-3-6-14(11-12)22-10-4-9-17-13(2)7-8-15(16(17)19)18(20)21/h3,5-8,11H,4,9-10H2,1-2H3. The van der Waals surface area contributed by atoms with E-state index < -0.39 is 16.2 Å². The van der Waals surface area contributed by atoms with Crippen LogP contribution in [0.2, 0.25) is 0 Å². The molecule has 22 heavy (non-hydrogen) atoms. The Morgan fingerprint density at radius 1 is 1.23 bits per heavy atom. The number of pyridine rings is 1. The van der Waals surface area contributed by atoms with E-state index in [1.165, 1.54) is 10.6 Å². The van der Waals surface area contributed by atoms with E-state index in [1.54, 1.807) is 13.0 Å². The van der Waals surface area contributed by atoms with E-state index in [0.29, 0.717) is 25.3 Å². The summed E-state index contributed by atoms with van der Waals surface area (Å²) in [7, 11) is 0. The lowest BCUT2D eigenvalue weighted by Gasteiger charge is -2.10. The van der Waals surface area contributed by atoms with Gasteiger partial charge in [0.25, 0.3) is 0 Å². The molecule has 0 radical (unpaired) electrons. The Labute approximate surface area is 128 Å². The minimum atomic E-state index is -0.651. The number of hydrogen-bond donors (Lipinski definition) is 0. The molecule has 2 aromatic rings. The van der Waals surface area contributed by atoms with Crippen LogP contribution in [0.3, 0.4) is 0 Å². The van der Waals surface area contributed by atoms with Crippen molar-refractivity contribution in [1.29, 1.82) is 0 Å². The van der Waals surface area contributed by atoms with Gasteiger partial charge in [-0.25, -0.2) is 0 Å². The van der Waals surface area contributed by atoms with Gasteiger partial charge in [-0.1, -0.05) is 12.1 Å². The molecule has 0 amide bonds. The molecule has 1 aromatic carbocycles. The molecule has 6 nitrogen and oxygen atoms in total. The van der Waals surface area contributed by atoms with Crippen molar-refractivity contribution >= 4 is 5.69 Å². The fraction of sp³-hybridized carbons (Fsp3) is 0.312. The van der Waals surface area contributed by atoms with Crippen molar-refractivity contribution in [2.45, 2.75) is 26.8 Å². The molecular weight excluding hydrogens is 284 g/mol. The van der Waals surface area contributed by atoms with Crippen LogP contribution in [0.1, 0.15) is 17.7 Å². The average Bonchev–Trinajstić information content (AvgIpc) is 2.46. The van der Waals surface area contributed by atoms with Gasteiger partial charge in [0.15, 0.2) is 0 Å². The lowest BCUT2D eigenvalue weighted by molar-refractivity contribution is -0.386. The second kappa shape index (κ2) is 6.89. The average molecular weight is 302 g/mol. The van der Waals surface area contributed by atoms with Gasteiger partial charge in [-0.3, -0.25) is 14.9 Å². The van der Waals surface area contributed by atoms with Crippen molar-refractivity contribution in [3.05, 3.63) is 68.1 Å². The summed E-state index contributed by atoms with van der Waals surface area (Å²) >= 11 is 0. The van der Waals surface area contributed by atoms with Crippen LogP contribution in [0.5, 0.6) is 5.75 Å². The minimum Gasteiger partial charge on any atom is -0.494 e. The number of nitrogens with zero attached hydrogens (tertiary/aromatic N) is 2. The molecular formula is C16H18N2O4. The number of benzene rings is 1. The first-order valence-electron chi connectivity index (χ1n) is 7.03. The Kier molecular flexibility index (Phi) is 4.93. The second-order valence-corrected chi connectivity index (χ2v) is 5.09. The Bertz CT molecular complexity index is 737. The first-order valence-corrected chi connectivity index (χ1v) is 7.03. The van der Waals surface area contributed by atoms with Crippen LogP contribution in [-0.2, 0) is 6.54 Å². The van der Waals surface area contributed by atoms with Crippen molar-refractivity contribution in [3.63, 3.8) is 0 Å². The van der Waals surface area contributed by atoms with Gasteiger partial charge in [0.05, 0.1) is 11.5 Å². The van der Waals surface area contributed by atoms with Crippen LogP contribution < -0.4 is 10.3 Å². The summed E-state index contributed by atoms with van der Waals surface area (Å²) < 4.78 is 7.03. The van der Waals surface area contributed by atoms with Crippen LogP contribution in [0.15, 0.2) is 41.2 Å². The largest absolute Gasteiger partial charge is 0.494 e. The third-order valence-corrected chi connectivity index (χ3v) is 3.35. The van der Waals surface area contributed by atoms with Crippen molar-refractivity contribution in [1.82, 2.24) is 4.57 Å². The molecule has 2 rings (SSSR count). The molecule has 0 bridgehead atoms. The van der Waals surface area contributed by atoms with Gasteiger partial charge in [0.2, 0.25) is 0 Å². The van der Waals surface area contributed by atoms with E-state index in [0.717, 1.165) is 11.3 Å². The number of aromatic nitrogens is 1. The Balaban J connectivity index is 1.99. The molecule has 6 heteroatoms. The van der Waals surface area contributed by atoms with Gasteiger partial charge in [-0.05, 0) is 44.0 Å². The van der Waals surface area contributed by atoms with Gasteiger partial charge in [-0.2, -0.15) is 0 Å². The minimum absolute atomic E-state index is 0.387. The highest BCUT2D eigenvalue weighted by atomic mass is 16.6. The first kappa shape index (κ1) is 15.8. The molecule has 0 aliphatic carbocycles. The van der Waals surface area contributed by atoms with Crippen molar-refractivity contribution in [3.8, 4) is 5.75 Å². The number of hydrogen-bond acceptors (Lipinski definition) is 4. The summed E-state index contributed by atoms with van der Waals surface area (Å²) in [6.45, 7) is 4.57. The molecule has 0 N–H and O–H groups in total. The maximum Gasteiger partial charge on any atom is 0.334 e. The third-order valence-electron chi connectivity index (χ3n) is 3.35. The molecule has 0 aliphatic heterocycles. The lowest BCUT2D eigenvalue weighted by Crippen LogP contribution is -2.25. The highest BCUT2D eigenvalue weighted by Gasteiger charge is 2.15. The fourth-order valence-corrected chi connectivity index (χ4v) is 2.19. The summed E-state index contributed by atoms with van der Waals surface area (Å²) in [6, 6.07) is 10.5. The summed E-state index contributed by atoms with van der Waals surface area (Å²) in [5, 5.41) is 10.8. The normalized spacial score (nSPS) is 10.5. The molecule has 0 fully saturated rings. The topological polar surface area (TPSA) is 74.4 Å². The maximum absolute atomic E-state index is 12.0. The van der Waals surface area contributed by atoms with Gasteiger partial charge >= 0.3 is 11.2 Å². The Hall–Kier alpha value is -2.63. The lowest BCUT2D eigenvalue weighted by atomic mass is 10.2. The van der Waals surface area contributed by atoms with Crippen LogP contribution in [0.4, 0.5) is 5.69 Å². The molecule has 0 aliphatic rings. The molecule has 1 aromatic heterocycles. The van der Waals surface area contributed by atoms with E-state index in [-0.39, 0.29) is 0 Å². The summed E-state index contributed by atoms with van der Waals surface area (Å²) in [5.41, 5.74) is 0.847. The van der Waals surface area contributed by atoms with E-state index in [1.807, 2.05) is 31.2 Å². The number of ether oxygens (including phenoxy) is 1. The number of nitro groups is 1. The third kappa shape index (κ3) is 3.72. The molecule has 116 valence electrons. The zero-order chi connectivity index (χ0) is 16.1. The molecule has 1 heterocycles. The van der Waals surface area contributed by atoms with Gasteiger partial charge < -0.3 is 9.30 Å². The number of aryl methyl sites for hydroxylation is 2. The summed E-state index contributed by atoms with van der Waals surface area (Å²) in [4.78, 5) is 22.2. The van der Waals surface area contributed by atoms with Crippen molar-refractivity contribution in [2.24, 2.45) is 0 Å². The smallest absolute Gasteiger partial charge is 0.334 e. The van der Waals surface area contributed by atoms with E-state index in [4.69, 9.17) is 4.74 Å². The molecule has 0 spiro atoms. The number of rotatable bonds is 6. The Morgan fingerprint density at radius 3 is 2.68 bits per heavy atom. The van der Waals surface area contributed by atoms with Gasteiger partial charge in [0.1, 0.15) is 5.75 Å². The highest BCUT2D eigenvalue weighted by molar-refractivity contribution is 5.28. The van der Waals surface area contributed by atoms with E-state index >= 15 is 0 Å². The van der Waals surface area contributed by atoms with Crippen LogP contribution >= 0.6 is 0 Å². The second-order valence-electron chi connectivity index (χ2n) is 5.09. The van der Waals surface area contributed by atoms with E-state index in [2.05, 4.69) is 0 Å². The predicted octanol–water partition coefficient (Wildman–Crippen LogP) is 2.84. The molecule has 0 saturated heterocycles. The highest BCUT2D eigenvalue weighted by Crippen LogP contribution is 2.13. The van der Waals surface area contributed by atoms with Crippen molar-refractivity contribution < 1.29 is 9.66 Å². The van der Waals surface area contributed by atoms with Gasteiger partial charge in [-0.15, -0.1) is 0 Å². The predicted molar refractivity (Wildman–Crippen MR) is 83.4 cm³/mol. The molecule has 0 unspecified atom stereocenters. The zero-order valence-electron chi connectivity index (χ0n) is 12.6. The van der Waals surface area contributed by atoms with Gasteiger partial charge in [0, 0.05) is 18.3 Å². The monoisotopic (exact) mass is 302 g/mol. The summed E-state index contributed by atoms with van der Waals surface area (Å²) in [5.74, 6) is 0.781. The molecule has 0 atom stereocenters. The van der Waals surface area contributed by atoms with Crippen LogP contribution in [0, 0.1) is 24.0 Å². The first-order chi connectivity index (χ1) is 10.5. The maximum atomic E-state index is 12.0. The quantitative estimate of drug-likeness (QED) is 0.467. The SMILES string of the molecule is Cc1cccc(OCCCn2c(C)ccc([N+](=O)[O-])c2=O)c1. The molecule has 0 saturated carbocycles. The van der Waals surface area contributed by atoms with Crippen molar-refractivity contribution in [2.75, 3.05) is 6.61 Å². The van der Waals surface area contributed by atoms with Crippen LogP contribution in [0.25, 0.3) is 0 Å². The van der Waals surface area contributed by atoms with Crippen LogP contribution in [-0.4, -0.2) is 16.1 Å². The fourth-order valence-electron chi connectivity index (χ4n) is 2.19. The zero-order valence-corrected chi connectivity index (χ0v) is 12.6. The van der Waals surface area contributed by atoms with E-state index in [9.17, 15) is 14.9 Å².